The van der Waals surface area contributed by atoms with Crippen molar-refractivity contribution in [1.82, 2.24) is 5.32 Å². The smallest absolute Gasteiger partial charge is 0.0320 e. The molecule has 0 aliphatic carbocycles. The first-order valence-corrected chi connectivity index (χ1v) is 8.45. The molecule has 0 saturated carbocycles. The van der Waals surface area contributed by atoms with Crippen molar-refractivity contribution in [1.29, 1.82) is 0 Å². The van der Waals surface area contributed by atoms with Crippen LogP contribution in [0.3, 0.4) is 0 Å². The van der Waals surface area contributed by atoms with Crippen molar-refractivity contribution in [3.8, 4) is 0 Å². The van der Waals surface area contributed by atoms with Crippen molar-refractivity contribution in [3.63, 3.8) is 0 Å². The topological polar surface area (TPSA) is 12.0 Å². The third-order valence-electron chi connectivity index (χ3n) is 3.31. The van der Waals surface area contributed by atoms with E-state index >= 15 is 0 Å². The van der Waals surface area contributed by atoms with Gasteiger partial charge in [-0.1, -0.05) is 38.0 Å². The maximum atomic E-state index is 3.78. The average molecular weight is 371 g/mol. The van der Waals surface area contributed by atoms with Gasteiger partial charge in [0.05, 0.1) is 0 Å². The van der Waals surface area contributed by atoms with Crippen LogP contribution in [0.2, 0.25) is 0 Å². The molecule has 1 aromatic rings. The van der Waals surface area contributed by atoms with E-state index in [1.807, 2.05) is 6.08 Å². The predicted octanol–water partition coefficient (Wildman–Crippen LogP) is 5.47. The van der Waals surface area contributed by atoms with Crippen LogP contribution in [0.5, 0.6) is 0 Å². The number of rotatable bonds is 10. The molecule has 0 fully saturated rings. The first kappa shape index (κ1) is 16.7. The van der Waals surface area contributed by atoms with E-state index in [4.69, 9.17) is 0 Å². The summed E-state index contributed by atoms with van der Waals surface area (Å²) >= 11 is 2.36. The summed E-state index contributed by atoms with van der Waals surface area (Å²) in [5, 5.41) is 3.67. The van der Waals surface area contributed by atoms with Crippen molar-refractivity contribution in [2.24, 2.45) is 0 Å². The summed E-state index contributed by atoms with van der Waals surface area (Å²) in [6.07, 6.45) is 9.47. The van der Waals surface area contributed by atoms with Crippen LogP contribution in [0.25, 0.3) is 0 Å². The number of benzene rings is 1. The van der Waals surface area contributed by atoms with E-state index in [1.165, 1.54) is 41.2 Å². The largest absolute Gasteiger partial charge is 0.310 e. The van der Waals surface area contributed by atoms with E-state index in [2.05, 4.69) is 65.7 Å². The Morgan fingerprint density at radius 1 is 1.21 bits per heavy atom. The molecule has 1 nitrogen and oxygen atoms in total. The molecular weight excluding hydrogens is 345 g/mol. The molecule has 0 aromatic heterocycles. The van der Waals surface area contributed by atoms with E-state index in [0.29, 0.717) is 6.04 Å². The summed E-state index contributed by atoms with van der Waals surface area (Å²) in [6.45, 7) is 7.10. The lowest BCUT2D eigenvalue weighted by molar-refractivity contribution is 0.472. The van der Waals surface area contributed by atoms with Crippen LogP contribution in [0.15, 0.2) is 36.9 Å². The van der Waals surface area contributed by atoms with Gasteiger partial charge in [-0.05, 0) is 72.5 Å². The Labute approximate surface area is 132 Å². The van der Waals surface area contributed by atoms with Crippen LogP contribution in [-0.4, -0.2) is 6.54 Å². The molecule has 1 unspecified atom stereocenters. The molecule has 0 amide bonds. The second-order valence-corrected chi connectivity index (χ2v) is 6.23. The maximum Gasteiger partial charge on any atom is 0.0320 e. The zero-order chi connectivity index (χ0) is 13.9. The Morgan fingerprint density at radius 3 is 2.58 bits per heavy atom. The number of hydrogen-bond donors (Lipinski definition) is 1. The van der Waals surface area contributed by atoms with E-state index in [9.17, 15) is 0 Å². The first-order chi connectivity index (χ1) is 9.27. The molecule has 0 radical (unpaired) electrons. The Balaban J connectivity index is 2.46. The van der Waals surface area contributed by atoms with Crippen LogP contribution in [0.1, 0.15) is 57.1 Å². The van der Waals surface area contributed by atoms with Gasteiger partial charge >= 0.3 is 0 Å². The fraction of sp³-hybridized carbons (Fsp3) is 0.529. The first-order valence-electron chi connectivity index (χ1n) is 7.37. The number of allylic oxidation sites excluding steroid dienone is 1. The van der Waals surface area contributed by atoms with Gasteiger partial charge in [-0.3, -0.25) is 0 Å². The minimum absolute atomic E-state index is 0.515. The van der Waals surface area contributed by atoms with Crippen molar-refractivity contribution >= 4 is 22.6 Å². The summed E-state index contributed by atoms with van der Waals surface area (Å²) < 4.78 is 1.31. The molecule has 0 bridgehead atoms. The molecule has 1 rings (SSSR count). The molecule has 19 heavy (non-hydrogen) atoms. The van der Waals surface area contributed by atoms with Crippen LogP contribution in [0, 0.1) is 3.57 Å². The molecule has 0 spiro atoms. The Bertz CT molecular complexity index is 345. The Kier molecular flexibility index (Phi) is 9.18. The molecule has 0 heterocycles. The fourth-order valence-electron chi connectivity index (χ4n) is 2.21. The minimum Gasteiger partial charge on any atom is -0.310 e. The van der Waals surface area contributed by atoms with Crippen LogP contribution < -0.4 is 5.32 Å². The number of hydrogen-bond acceptors (Lipinski definition) is 1. The van der Waals surface area contributed by atoms with Crippen molar-refractivity contribution < 1.29 is 0 Å². The van der Waals surface area contributed by atoms with Gasteiger partial charge in [0.25, 0.3) is 0 Å². The third kappa shape index (κ3) is 7.11. The Morgan fingerprint density at radius 2 is 1.95 bits per heavy atom. The summed E-state index contributed by atoms with van der Waals surface area (Å²) in [5.41, 5.74) is 1.43. The highest BCUT2D eigenvalue weighted by molar-refractivity contribution is 14.1. The highest BCUT2D eigenvalue weighted by atomic mass is 127. The van der Waals surface area contributed by atoms with E-state index in [1.54, 1.807) is 0 Å². The zero-order valence-corrected chi connectivity index (χ0v) is 14.2. The molecule has 2 heteroatoms. The fourth-order valence-corrected chi connectivity index (χ4v) is 2.57. The lowest BCUT2D eigenvalue weighted by atomic mass is 10.00. The van der Waals surface area contributed by atoms with Gasteiger partial charge in [-0.2, -0.15) is 0 Å². The van der Waals surface area contributed by atoms with Gasteiger partial charge < -0.3 is 5.32 Å². The molecule has 0 aliphatic rings. The summed E-state index contributed by atoms with van der Waals surface area (Å²) in [4.78, 5) is 0. The highest BCUT2D eigenvalue weighted by Gasteiger charge is 2.09. The number of halogens is 1. The van der Waals surface area contributed by atoms with Crippen molar-refractivity contribution in [3.05, 3.63) is 46.1 Å². The molecule has 1 atom stereocenters. The van der Waals surface area contributed by atoms with Crippen molar-refractivity contribution in [2.75, 3.05) is 6.54 Å². The second-order valence-electron chi connectivity index (χ2n) is 4.98. The standard InChI is InChI=1S/C17H26IN/c1-3-5-6-7-8-9-17(19-14-4-2)15-10-12-16(18)13-11-15/h3,10-13,17,19H,1,4-9,14H2,2H3. The number of nitrogens with one attached hydrogen (secondary N) is 1. The Hall–Kier alpha value is -0.350. The molecule has 0 aliphatic heterocycles. The van der Waals surface area contributed by atoms with Crippen LogP contribution in [-0.2, 0) is 0 Å². The minimum atomic E-state index is 0.515. The van der Waals surface area contributed by atoms with E-state index < -0.39 is 0 Å². The second kappa shape index (κ2) is 10.4. The quantitative estimate of drug-likeness (QED) is 0.327. The normalized spacial score (nSPS) is 12.3. The average Bonchev–Trinajstić information content (AvgIpc) is 2.43. The predicted molar refractivity (Wildman–Crippen MR) is 93.5 cm³/mol. The summed E-state index contributed by atoms with van der Waals surface area (Å²) in [7, 11) is 0. The van der Waals surface area contributed by atoms with Crippen molar-refractivity contribution in [2.45, 2.75) is 51.5 Å². The third-order valence-corrected chi connectivity index (χ3v) is 4.03. The number of unbranched alkanes of at least 4 members (excludes halogenated alkanes) is 3. The van der Waals surface area contributed by atoms with Crippen LogP contribution >= 0.6 is 22.6 Å². The monoisotopic (exact) mass is 371 g/mol. The molecule has 1 N–H and O–H groups in total. The van der Waals surface area contributed by atoms with Gasteiger partial charge in [-0.15, -0.1) is 6.58 Å². The SMILES string of the molecule is C=CCCCCCC(NCCC)c1ccc(I)cc1. The van der Waals surface area contributed by atoms with E-state index in [-0.39, 0.29) is 0 Å². The molecule has 1 aromatic carbocycles. The lowest BCUT2D eigenvalue weighted by Gasteiger charge is -2.19. The van der Waals surface area contributed by atoms with Gasteiger partial charge in [0, 0.05) is 9.61 Å². The highest BCUT2D eigenvalue weighted by Crippen LogP contribution is 2.21. The lowest BCUT2D eigenvalue weighted by Crippen LogP contribution is -2.22. The van der Waals surface area contributed by atoms with Gasteiger partial charge in [0.15, 0.2) is 0 Å². The summed E-state index contributed by atoms with van der Waals surface area (Å²) in [5.74, 6) is 0. The van der Waals surface area contributed by atoms with E-state index in [0.717, 1.165) is 13.0 Å². The van der Waals surface area contributed by atoms with Crippen LogP contribution in [0.4, 0.5) is 0 Å². The maximum absolute atomic E-state index is 3.78. The molecule has 0 saturated heterocycles. The van der Waals surface area contributed by atoms with Gasteiger partial charge in [-0.25, -0.2) is 0 Å². The summed E-state index contributed by atoms with van der Waals surface area (Å²) in [6, 6.07) is 9.45. The molecular formula is C17H26IN. The van der Waals surface area contributed by atoms with Gasteiger partial charge in [0.2, 0.25) is 0 Å². The molecule has 106 valence electrons. The zero-order valence-electron chi connectivity index (χ0n) is 12.0. The van der Waals surface area contributed by atoms with Gasteiger partial charge in [0.1, 0.15) is 0 Å².